The summed E-state index contributed by atoms with van der Waals surface area (Å²) in [5.74, 6) is 0.481. The van der Waals surface area contributed by atoms with Gasteiger partial charge in [0.05, 0.1) is 10.4 Å². The normalized spacial score (nSPS) is 21.7. The second-order valence-corrected chi connectivity index (χ2v) is 6.19. The number of hydrogen-bond acceptors (Lipinski definition) is 4. The van der Waals surface area contributed by atoms with Gasteiger partial charge in [-0.1, -0.05) is 29.7 Å². The zero-order chi connectivity index (χ0) is 15.7. The Labute approximate surface area is 131 Å². The Bertz CT molecular complexity index is 719. The highest BCUT2D eigenvalue weighted by Crippen LogP contribution is 2.32. The number of aromatic nitrogens is 2. The number of nitrogens with one attached hydrogen (secondary N) is 1. The molecular weight excluding hydrogens is 309 g/mol. The minimum atomic E-state index is -0.458. The van der Waals surface area contributed by atoms with Crippen LogP contribution in [0, 0.1) is 5.82 Å². The smallest absolute Gasteiger partial charge is 0.233 e. The standard InChI is InChI=1S/C15H15ClFN3O2/c1-15(4-5-18-13(21)8-15)14-19-12(20-22-14)7-9-2-3-11(17)10(16)6-9/h2-3,6H,4-5,7-8H2,1H3,(H,18,21). The predicted molar refractivity (Wildman–Crippen MR) is 78.1 cm³/mol. The lowest BCUT2D eigenvalue weighted by molar-refractivity contribution is -0.124. The van der Waals surface area contributed by atoms with Crippen LogP contribution in [-0.2, 0) is 16.6 Å². The number of carbonyl (C=O) groups is 1. The van der Waals surface area contributed by atoms with Crippen molar-refractivity contribution in [3.8, 4) is 0 Å². The van der Waals surface area contributed by atoms with Gasteiger partial charge >= 0.3 is 0 Å². The van der Waals surface area contributed by atoms with Gasteiger partial charge in [-0.25, -0.2) is 4.39 Å². The Morgan fingerprint density at radius 1 is 1.50 bits per heavy atom. The molecule has 2 aromatic rings. The van der Waals surface area contributed by atoms with Crippen molar-refractivity contribution in [2.24, 2.45) is 0 Å². The first kappa shape index (κ1) is 15.0. The van der Waals surface area contributed by atoms with E-state index in [4.69, 9.17) is 16.1 Å². The largest absolute Gasteiger partial charge is 0.356 e. The number of nitrogens with zero attached hydrogens (tertiary/aromatic N) is 2. The van der Waals surface area contributed by atoms with Crippen molar-refractivity contribution in [3.05, 3.63) is 46.3 Å². The number of rotatable bonds is 3. The van der Waals surface area contributed by atoms with E-state index in [0.29, 0.717) is 31.1 Å². The van der Waals surface area contributed by atoms with E-state index in [1.807, 2.05) is 6.92 Å². The van der Waals surface area contributed by atoms with E-state index >= 15 is 0 Å². The van der Waals surface area contributed by atoms with Crippen molar-refractivity contribution >= 4 is 17.5 Å². The van der Waals surface area contributed by atoms with Gasteiger partial charge in [-0.15, -0.1) is 0 Å². The molecule has 0 bridgehead atoms. The molecule has 1 saturated heterocycles. The third-order valence-electron chi connectivity index (χ3n) is 3.88. The molecule has 1 aromatic carbocycles. The Hall–Kier alpha value is -1.95. The van der Waals surface area contributed by atoms with E-state index in [1.54, 1.807) is 12.1 Å². The van der Waals surface area contributed by atoms with Crippen molar-refractivity contribution in [2.45, 2.75) is 31.6 Å². The van der Waals surface area contributed by atoms with E-state index in [0.717, 1.165) is 12.0 Å². The fourth-order valence-corrected chi connectivity index (χ4v) is 2.77. The van der Waals surface area contributed by atoms with Gasteiger partial charge < -0.3 is 9.84 Å². The van der Waals surface area contributed by atoms with Gasteiger partial charge in [-0.05, 0) is 24.1 Å². The molecule has 1 atom stereocenters. The first-order chi connectivity index (χ1) is 10.5. The third-order valence-corrected chi connectivity index (χ3v) is 4.17. The van der Waals surface area contributed by atoms with Crippen molar-refractivity contribution in [2.75, 3.05) is 6.54 Å². The summed E-state index contributed by atoms with van der Waals surface area (Å²) in [6, 6.07) is 4.49. The summed E-state index contributed by atoms with van der Waals surface area (Å²) in [6.45, 7) is 2.54. The summed E-state index contributed by atoms with van der Waals surface area (Å²) >= 11 is 5.76. The predicted octanol–water partition coefficient (Wildman–Crippen LogP) is 2.62. The number of hydrogen-bond donors (Lipinski definition) is 1. The molecular formula is C15H15ClFN3O2. The lowest BCUT2D eigenvalue weighted by Crippen LogP contribution is -2.41. The van der Waals surface area contributed by atoms with Gasteiger partial charge in [-0.3, -0.25) is 4.79 Å². The molecule has 1 fully saturated rings. The summed E-state index contributed by atoms with van der Waals surface area (Å²) in [6.07, 6.45) is 1.48. The van der Waals surface area contributed by atoms with Crippen LogP contribution in [0.4, 0.5) is 4.39 Å². The van der Waals surface area contributed by atoms with Crippen molar-refractivity contribution in [1.29, 1.82) is 0 Å². The van der Waals surface area contributed by atoms with Crippen LogP contribution in [0.3, 0.4) is 0 Å². The second-order valence-electron chi connectivity index (χ2n) is 5.78. The fourth-order valence-electron chi connectivity index (χ4n) is 2.57. The first-order valence-corrected chi connectivity index (χ1v) is 7.38. The van der Waals surface area contributed by atoms with Gasteiger partial charge in [0.25, 0.3) is 0 Å². The minimum absolute atomic E-state index is 0.0150. The van der Waals surface area contributed by atoms with Gasteiger partial charge in [-0.2, -0.15) is 4.98 Å². The molecule has 0 saturated carbocycles. The van der Waals surface area contributed by atoms with Crippen LogP contribution in [0.5, 0.6) is 0 Å². The molecule has 0 aliphatic carbocycles. The molecule has 0 spiro atoms. The Kier molecular flexibility index (Phi) is 3.87. The van der Waals surface area contributed by atoms with E-state index in [9.17, 15) is 9.18 Å². The lowest BCUT2D eigenvalue weighted by atomic mass is 9.80. The highest BCUT2D eigenvalue weighted by molar-refractivity contribution is 6.30. The molecule has 1 N–H and O–H groups in total. The maximum Gasteiger partial charge on any atom is 0.233 e. The summed E-state index contributed by atoms with van der Waals surface area (Å²) in [5.41, 5.74) is 0.360. The molecule has 7 heteroatoms. The molecule has 3 rings (SSSR count). The van der Waals surface area contributed by atoms with E-state index in [1.165, 1.54) is 6.07 Å². The van der Waals surface area contributed by atoms with Gasteiger partial charge in [0, 0.05) is 19.4 Å². The van der Waals surface area contributed by atoms with E-state index in [-0.39, 0.29) is 10.9 Å². The molecule has 1 aromatic heterocycles. The Morgan fingerprint density at radius 3 is 3.05 bits per heavy atom. The molecule has 5 nitrogen and oxygen atoms in total. The molecule has 22 heavy (non-hydrogen) atoms. The number of carbonyl (C=O) groups excluding carboxylic acids is 1. The molecule has 116 valence electrons. The topological polar surface area (TPSA) is 68.0 Å². The van der Waals surface area contributed by atoms with Crippen LogP contribution in [0.15, 0.2) is 22.7 Å². The van der Waals surface area contributed by atoms with Crippen LogP contribution >= 0.6 is 11.6 Å². The van der Waals surface area contributed by atoms with Crippen LogP contribution < -0.4 is 5.32 Å². The fraction of sp³-hybridized carbons (Fsp3) is 0.400. The van der Waals surface area contributed by atoms with Gasteiger partial charge in [0.15, 0.2) is 5.82 Å². The van der Waals surface area contributed by atoms with Crippen molar-refractivity contribution in [3.63, 3.8) is 0 Å². The average molecular weight is 324 g/mol. The highest BCUT2D eigenvalue weighted by atomic mass is 35.5. The number of benzene rings is 1. The summed E-state index contributed by atoms with van der Waals surface area (Å²) < 4.78 is 18.5. The molecule has 1 aliphatic heterocycles. The minimum Gasteiger partial charge on any atom is -0.356 e. The first-order valence-electron chi connectivity index (χ1n) is 7.00. The van der Waals surface area contributed by atoms with Crippen LogP contribution in [-0.4, -0.2) is 22.6 Å². The summed E-state index contributed by atoms with van der Waals surface area (Å²) in [7, 11) is 0. The number of piperidine rings is 1. The van der Waals surface area contributed by atoms with Crippen LogP contribution in [0.2, 0.25) is 5.02 Å². The van der Waals surface area contributed by atoms with E-state index < -0.39 is 11.2 Å². The quantitative estimate of drug-likeness (QED) is 0.942. The molecule has 2 heterocycles. The Balaban J connectivity index is 1.78. The second kappa shape index (κ2) is 5.68. The monoisotopic (exact) mass is 323 g/mol. The van der Waals surface area contributed by atoms with Crippen LogP contribution in [0.25, 0.3) is 0 Å². The van der Waals surface area contributed by atoms with Crippen molar-refractivity contribution in [1.82, 2.24) is 15.5 Å². The maximum absolute atomic E-state index is 13.2. The third kappa shape index (κ3) is 2.97. The van der Waals surface area contributed by atoms with Gasteiger partial charge in [0.2, 0.25) is 11.8 Å². The molecule has 1 amide bonds. The molecule has 0 radical (unpaired) electrons. The van der Waals surface area contributed by atoms with Gasteiger partial charge in [0.1, 0.15) is 5.82 Å². The molecule has 1 unspecified atom stereocenters. The van der Waals surface area contributed by atoms with Crippen LogP contribution in [0.1, 0.15) is 37.0 Å². The van der Waals surface area contributed by atoms with E-state index in [2.05, 4.69) is 15.5 Å². The summed E-state index contributed by atoms with van der Waals surface area (Å²) in [4.78, 5) is 16.0. The van der Waals surface area contributed by atoms with Crippen molar-refractivity contribution < 1.29 is 13.7 Å². The Morgan fingerprint density at radius 2 is 2.32 bits per heavy atom. The average Bonchev–Trinajstić information content (AvgIpc) is 2.92. The molecule has 1 aliphatic rings. The summed E-state index contributed by atoms with van der Waals surface area (Å²) in [5, 5.41) is 6.81. The zero-order valence-corrected chi connectivity index (χ0v) is 12.8. The number of amides is 1. The lowest BCUT2D eigenvalue weighted by Gasteiger charge is -2.29. The maximum atomic E-state index is 13.2. The SMILES string of the molecule is CC1(c2nc(Cc3ccc(F)c(Cl)c3)no2)CCNC(=O)C1. The number of halogens is 2. The highest BCUT2D eigenvalue weighted by Gasteiger charge is 2.37. The zero-order valence-electron chi connectivity index (χ0n) is 12.0.